The number of anilines is 1. The molecule has 15 heavy (non-hydrogen) atoms. The van der Waals surface area contributed by atoms with Gasteiger partial charge in [-0.05, 0) is 22.0 Å². The second-order valence-corrected chi connectivity index (χ2v) is 4.93. The molecule has 2 heterocycles. The smallest absolute Gasteiger partial charge is 0.269 e. The maximum absolute atomic E-state index is 11.5. The van der Waals surface area contributed by atoms with Crippen molar-refractivity contribution in [3.63, 3.8) is 0 Å². The van der Waals surface area contributed by atoms with E-state index in [1.54, 1.807) is 11.3 Å². The predicted molar refractivity (Wildman–Crippen MR) is 64.0 cm³/mol. The normalized spacial score (nSPS) is 10.5. The van der Waals surface area contributed by atoms with Gasteiger partial charge >= 0.3 is 0 Å². The first-order valence-corrected chi connectivity index (χ1v) is 5.88. The molecule has 0 spiro atoms. The first kappa shape index (κ1) is 10.4. The number of nitrogens with zero attached hydrogens (tertiary/aromatic N) is 2. The average Bonchev–Trinajstić information content (AvgIpc) is 2.56. The lowest BCUT2D eigenvalue weighted by Crippen LogP contribution is -2.22. The van der Waals surface area contributed by atoms with Gasteiger partial charge in [0.25, 0.3) is 5.56 Å². The fourth-order valence-electron chi connectivity index (χ4n) is 1.15. The van der Waals surface area contributed by atoms with Crippen molar-refractivity contribution in [2.24, 2.45) is 0 Å². The van der Waals surface area contributed by atoms with Crippen LogP contribution in [0.15, 0.2) is 33.0 Å². The van der Waals surface area contributed by atoms with E-state index in [2.05, 4.69) is 21.0 Å². The summed E-state index contributed by atoms with van der Waals surface area (Å²) in [4.78, 5) is 12.5. The van der Waals surface area contributed by atoms with Crippen molar-refractivity contribution in [2.45, 2.75) is 6.54 Å². The molecule has 0 radical (unpaired) electrons. The lowest BCUT2D eigenvalue weighted by Gasteiger charge is -2.01. The maximum Gasteiger partial charge on any atom is 0.269 e. The van der Waals surface area contributed by atoms with Crippen LogP contribution in [0.1, 0.15) is 4.88 Å². The highest BCUT2D eigenvalue weighted by molar-refractivity contribution is 9.10. The zero-order valence-corrected chi connectivity index (χ0v) is 10.1. The highest BCUT2D eigenvalue weighted by Crippen LogP contribution is 2.19. The van der Waals surface area contributed by atoms with Crippen molar-refractivity contribution in [3.05, 3.63) is 43.4 Å². The van der Waals surface area contributed by atoms with E-state index in [1.807, 2.05) is 11.4 Å². The molecule has 0 atom stereocenters. The molecular weight excluding hydrogens is 278 g/mol. The van der Waals surface area contributed by atoms with E-state index in [-0.39, 0.29) is 5.56 Å². The fraction of sp³-hybridized carbons (Fsp3) is 0.111. The summed E-state index contributed by atoms with van der Waals surface area (Å²) in [5.74, 6) is 0. The first-order chi connectivity index (χ1) is 7.15. The van der Waals surface area contributed by atoms with Crippen LogP contribution in [-0.4, -0.2) is 9.78 Å². The molecule has 0 bridgehead atoms. The molecule has 0 saturated carbocycles. The van der Waals surface area contributed by atoms with Gasteiger partial charge in [0.05, 0.1) is 18.4 Å². The quantitative estimate of drug-likeness (QED) is 0.914. The van der Waals surface area contributed by atoms with E-state index >= 15 is 0 Å². The highest BCUT2D eigenvalue weighted by Gasteiger charge is 2.02. The van der Waals surface area contributed by atoms with E-state index < -0.39 is 0 Å². The summed E-state index contributed by atoms with van der Waals surface area (Å²) in [6, 6.07) is 3.34. The zero-order chi connectivity index (χ0) is 10.8. The van der Waals surface area contributed by atoms with Crippen molar-refractivity contribution in [3.8, 4) is 0 Å². The fourth-order valence-corrected chi connectivity index (χ4v) is 2.58. The van der Waals surface area contributed by atoms with Crippen molar-refractivity contribution >= 4 is 33.0 Å². The van der Waals surface area contributed by atoms with Gasteiger partial charge in [-0.1, -0.05) is 0 Å². The molecule has 0 saturated heterocycles. The van der Waals surface area contributed by atoms with Gasteiger partial charge < -0.3 is 5.73 Å². The van der Waals surface area contributed by atoms with Crippen LogP contribution in [0.4, 0.5) is 5.69 Å². The second kappa shape index (κ2) is 4.16. The lowest BCUT2D eigenvalue weighted by atomic mass is 10.4. The SMILES string of the molecule is Nc1cnn(Cc2cc(Br)cs2)c(=O)c1. The van der Waals surface area contributed by atoms with Gasteiger partial charge in [0.1, 0.15) is 0 Å². The Labute approximate surface area is 98.5 Å². The maximum atomic E-state index is 11.5. The van der Waals surface area contributed by atoms with Crippen LogP contribution < -0.4 is 11.3 Å². The molecule has 4 nitrogen and oxygen atoms in total. The zero-order valence-electron chi connectivity index (χ0n) is 7.68. The summed E-state index contributed by atoms with van der Waals surface area (Å²) in [5, 5.41) is 5.92. The molecule has 78 valence electrons. The summed E-state index contributed by atoms with van der Waals surface area (Å²) in [6.45, 7) is 0.482. The number of rotatable bonds is 2. The van der Waals surface area contributed by atoms with Crippen molar-refractivity contribution in [2.75, 3.05) is 5.73 Å². The summed E-state index contributed by atoms with van der Waals surface area (Å²) in [6.07, 6.45) is 1.48. The number of halogens is 1. The summed E-state index contributed by atoms with van der Waals surface area (Å²) in [5.41, 5.74) is 5.66. The Bertz CT molecular complexity index is 534. The van der Waals surface area contributed by atoms with Gasteiger partial charge in [-0.25, -0.2) is 4.68 Å². The van der Waals surface area contributed by atoms with E-state index in [0.29, 0.717) is 12.2 Å². The number of nitrogens with two attached hydrogens (primary N) is 1. The molecule has 2 rings (SSSR count). The second-order valence-electron chi connectivity index (χ2n) is 3.02. The molecule has 0 amide bonds. The topological polar surface area (TPSA) is 60.9 Å². The minimum Gasteiger partial charge on any atom is -0.397 e. The Hall–Kier alpha value is -1.14. The number of hydrogen-bond acceptors (Lipinski definition) is 4. The summed E-state index contributed by atoms with van der Waals surface area (Å²) >= 11 is 4.94. The van der Waals surface area contributed by atoms with Crippen LogP contribution in [0.2, 0.25) is 0 Å². The predicted octanol–water partition coefficient (Wildman–Crippen LogP) is 1.70. The minimum absolute atomic E-state index is 0.181. The van der Waals surface area contributed by atoms with Crippen LogP contribution >= 0.6 is 27.3 Å². The molecule has 0 unspecified atom stereocenters. The van der Waals surface area contributed by atoms with E-state index in [0.717, 1.165) is 9.35 Å². The van der Waals surface area contributed by atoms with E-state index in [1.165, 1.54) is 16.9 Å². The third kappa shape index (κ3) is 2.45. The first-order valence-electron chi connectivity index (χ1n) is 4.21. The van der Waals surface area contributed by atoms with Crippen LogP contribution in [0.25, 0.3) is 0 Å². The molecule has 2 aromatic rings. The Kier molecular flexibility index (Phi) is 2.88. The Morgan fingerprint density at radius 1 is 1.53 bits per heavy atom. The monoisotopic (exact) mass is 285 g/mol. The van der Waals surface area contributed by atoms with Gasteiger partial charge in [-0.15, -0.1) is 11.3 Å². The molecule has 0 aromatic carbocycles. The Morgan fingerprint density at radius 2 is 2.33 bits per heavy atom. The van der Waals surface area contributed by atoms with Crippen LogP contribution in [0.5, 0.6) is 0 Å². The summed E-state index contributed by atoms with van der Waals surface area (Å²) in [7, 11) is 0. The molecular formula is C9H8BrN3OS. The Balaban J connectivity index is 2.28. The summed E-state index contributed by atoms with van der Waals surface area (Å²) < 4.78 is 2.40. The minimum atomic E-state index is -0.181. The average molecular weight is 286 g/mol. The van der Waals surface area contributed by atoms with Crippen LogP contribution in [0, 0.1) is 0 Å². The van der Waals surface area contributed by atoms with Crippen LogP contribution in [0.3, 0.4) is 0 Å². The van der Waals surface area contributed by atoms with Crippen molar-refractivity contribution in [1.29, 1.82) is 0 Å². The molecule has 2 N–H and O–H groups in total. The number of nitrogen functional groups attached to an aromatic ring is 1. The molecule has 0 fully saturated rings. The number of hydrogen-bond donors (Lipinski definition) is 1. The van der Waals surface area contributed by atoms with E-state index in [9.17, 15) is 4.79 Å². The molecule has 0 aliphatic carbocycles. The Morgan fingerprint density at radius 3 is 2.93 bits per heavy atom. The van der Waals surface area contributed by atoms with Gasteiger partial charge in [0.15, 0.2) is 0 Å². The molecule has 0 aliphatic rings. The standard InChI is InChI=1S/C9H8BrN3OS/c10-6-1-8(15-5-6)4-13-9(14)2-7(11)3-12-13/h1-3,5H,4,11H2. The third-order valence-corrected chi connectivity index (χ3v) is 3.50. The van der Waals surface area contributed by atoms with Crippen molar-refractivity contribution in [1.82, 2.24) is 9.78 Å². The largest absolute Gasteiger partial charge is 0.397 e. The highest BCUT2D eigenvalue weighted by atomic mass is 79.9. The lowest BCUT2D eigenvalue weighted by molar-refractivity contribution is 0.646. The number of thiophene rings is 1. The number of aromatic nitrogens is 2. The third-order valence-electron chi connectivity index (χ3n) is 1.82. The van der Waals surface area contributed by atoms with Crippen molar-refractivity contribution < 1.29 is 0 Å². The van der Waals surface area contributed by atoms with Crippen LogP contribution in [-0.2, 0) is 6.54 Å². The van der Waals surface area contributed by atoms with Gasteiger partial charge in [0, 0.05) is 20.8 Å². The molecule has 6 heteroatoms. The van der Waals surface area contributed by atoms with Gasteiger partial charge in [-0.2, -0.15) is 5.10 Å². The van der Waals surface area contributed by atoms with Gasteiger partial charge in [0.2, 0.25) is 0 Å². The molecule has 0 aliphatic heterocycles. The van der Waals surface area contributed by atoms with Gasteiger partial charge in [-0.3, -0.25) is 4.79 Å². The van der Waals surface area contributed by atoms with E-state index in [4.69, 9.17) is 5.73 Å². The molecule has 2 aromatic heterocycles.